The fourth-order valence-electron chi connectivity index (χ4n) is 3.32. The van der Waals surface area contributed by atoms with Crippen LogP contribution in [-0.4, -0.2) is 10.9 Å². The lowest BCUT2D eigenvalue weighted by Crippen LogP contribution is -2.28. The highest BCUT2D eigenvalue weighted by atomic mass is 16.5. The monoisotopic (exact) mass is 331 g/mol. The lowest BCUT2D eigenvalue weighted by atomic mass is 9.91. The van der Waals surface area contributed by atoms with E-state index < -0.39 is 0 Å². The molecule has 4 rings (SSSR count). The molecular weight excluding hydrogens is 310 g/mol. The number of hydrogen-bond donors (Lipinski definition) is 1. The molecule has 0 radical (unpaired) electrons. The van der Waals surface area contributed by atoms with Gasteiger partial charge in [0.1, 0.15) is 6.54 Å². The minimum Gasteiger partial charge on any atom is -0.358 e. The van der Waals surface area contributed by atoms with Gasteiger partial charge in [0.25, 0.3) is 0 Å². The zero-order chi connectivity index (χ0) is 17.6. The molecule has 0 bridgehead atoms. The van der Waals surface area contributed by atoms with Gasteiger partial charge in [0.05, 0.1) is 17.0 Å². The van der Waals surface area contributed by atoms with Gasteiger partial charge in [0, 0.05) is 16.7 Å². The van der Waals surface area contributed by atoms with Gasteiger partial charge < -0.3 is 10.3 Å². The lowest BCUT2D eigenvalue weighted by molar-refractivity contribution is 0.382. The molecule has 0 saturated carbocycles. The maximum absolute atomic E-state index is 6.20. The summed E-state index contributed by atoms with van der Waals surface area (Å²) in [5.41, 5.74) is 13.2. The van der Waals surface area contributed by atoms with Crippen molar-refractivity contribution < 1.29 is 4.52 Å². The first kappa shape index (κ1) is 15.8. The summed E-state index contributed by atoms with van der Waals surface area (Å²) in [6, 6.07) is 16.6. The molecule has 0 amide bonds. The summed E-state index contributed by atoms with van der Waals surface area (Å²) in [4.78, 5) is 4.83. The molecule has 1 aliphatic rings. The molecule has 2 N–H and O–H groups in total. The van der Waals surface area contributed by atoms with Crippen LogP contribution in [0.15, 0.2) is 58.0 Å². The number of fused-ring (bicyclic) bond motifs is 3. The molecular formula is C21H21N3O. The van der Waals surface area contributed by atoms with Crippen LogP contribution >= 0.6 is 0 Å². The molecule has 0 atom stereocenters. The van der Waals surface area contributed by atoms with Crippen molar-refractivity contribution in [1.82, 2.24) is 5.16 Å². The largest absolute Gasteiger partial charge is 0.358 e. The molecule has 3 aromatic rings. The summed E-state index contributed by atoms with van der Waals surface area (Å²) in [6.45, 7) is 6.48. The molecule has 0 aliphatic carbocycles. The molecule has 0 unspecified atom stereocenters. The summed E-state index contributed by atoms with van der Waals surface area (Å²) < 4.78 is 5.50. The van der Waals surface area contributed by atoms with E-state index in [-0.39, 0.29) is 5.54 Å². The van der Waals surface area contributed by atoms with Gasteiger partial charge in [-0.05, 0) is 31.9 Å². The van der Waals surface area contributed by atoms with Crippen LogP contribution in [0.25, 0.3) is 11.1 Å². The fourth-order valence-corrected chi connectivity index (χ4v) is 3.32. The zero-order valence-electron chi connectivity index (χ0n) is 14.7. The number of benzene rings is 2. The standard InChI is InChI=1S/C21H21N3O/c1-13-19-16-6-4-5-7-17(16)20(23-12-18(19)25-24-13)14-8-10-15(11-9-14)21(2,3)22/h4-11H,12,22H2,1-3H3. The van der Waals surface area contributed by atoms with Crippen molar-refractivity contribution in [2.75, 3.05) is 0 Å². The van der Waals surface area contributed by atoms with Gasteiger partial charge in [0.2, 0.25) is 0 Å². The molecule has 4 heteroatoms. The van der Waals surface area contributed by atoms with E-state index >= 15 is 0 Å². The molecule has 4 nitrogen and oxygen atoms in total. The fraction of sp³-hybridized carbons (Fsp3) is 0.238. The Morgan fingerprint density at radius 3 is 2.36 bits per heavy atom. The van der Waals surface area contributed by atoms with E-state index in [4.69, 9.17) is 15.2 Å². The van der Waals surface area contributed by atoms with E-state index in [0.717, 1.165) is 45.0 Å². The highest BCUT2D eigenvalue weighted by Gasteiger charge is 2.24. The molecule has 1 aromatic heterocycles. The Bertz CT molecular complexity index is 960. The number of rotatable bonds is 2. The Hall–Kier alpha value is -2.72. The first-order chi connectivity index (χ1) is 11.9. The number of hydrogen-bond acceptors (Lipinski definition) is 4. The van der Waals surface area contributed by atoms with Crippen LogP contribution < -0.4 is 5.73 Å². The van der Waals surface area contributed by atoms with Crippen molar-refractivity contribution in [3.8, 4) is 11.1 Å². The summed E-state index contributed by atoms with van der Waals surface area (Å²) >= 11 is 0. The Morgan fingerprint density at radius 2 is 1.68 bits per heavy atom. The first-order valence-corrected chi connectivity index (χ1v) is 8.44. The number of nitrogens with two attached hydrogens (primary N) is 1. The van der Waals surface area contributed by atoms with Gasteiger partial charge >= 0.3 is 0 Å². The van der Waals surface area contributed by atoms with Gasteiger partial charge in [-0.3, -0.25) is 4.99 Å². The Balaban J connectivity index is 1.85. The molecule has 2 heterocycles. The molecule has 0 fully saturated rings. The molecule has 2 aromatic carbocycles. The molecule has 1 aliphatic heterocycles. The lowest BCUT2D eigenvalue weighted by Gasteiger charge is -2.19. The van der Waals surface area contributed by atoms with Gasteiger partial charge in [-0.2, -0.15) is 0 Å². The second kappa shape index (κ2) is 5.67. The van der Waals surface area contributed by atoms with E-state index in [1.54, 1.807) is 0 Å². The van der Waals surface area contributed by atoms with E-state index in [9.17, 15) is 0 Å². The quantitative estimate of drug-likeness (QED) is 0.765. The van der Waals surface area contributed by atoms with E-state index in [1.807, 2.05) is 32.9 Å². The van der Waals surface area contributed by atoms with Crippen molar-refractivity contribution >= 4 is 5.71 Å². The van der Waals surface area contributed by atoms with E-state index in [2.05, 4.69) is 41.6 Å². The highest BCUT2D eigenvalue weighted by Crippen LogP contribution is 2.35. The van der Waals surface area contributed by atoms with Gasteiger partial charge in [0.15, 0.2) is 5.76 Å². The van der Waals surface area contributed by atoms with Crippen LogP contribution in [0.2, 0.25) is 0 Å². The van der Waals surface area contributed by atoms with Crippen molar-refractivity contribution in [1.29, 1.82) is 0 Å². The van der Waals surface area contributed by atoms with Crippen molar-refractivity contribution in [2.45, 2.75) is 32.9 Å². The number of nitrogens with zero attached hydrogens (tertiary/aromatic N) is 2. The van der Waals surface area contributed by atoms with Gasteiger partial charge in [-0.1, -0.05) is 53.7 Å². The van der Waals surface area contributed by atoms with Crippen LogP contribution in [0.4, 0.5) is 0 Å². The summed E-state index contributed by atoms with van der Waals surface area (Å²) in [7, 11) is 0. The third kappa shape index (κ3) is 2.68. The first-order valence-electron chi connectivity index (χ1n) is 8.44. The normalized spacial score (nSPS) is 13.7. The molecule has 126 valence electrons. The zero-order valence-corrected chi connectivity index (χ0v) is 14.7. The van der Waals surface area contributed by atoms with E-state index in [1.165, 1.54) is 0 Å². The smallest absolute Gasteiger partial charge is 0.166 e. The number of aromatic nitrogens is 1. The molecule has 25 heavy (non-hydrogen) atoms. The highest BCUT2D eigenvalue weighted by molar-refractivity contribution is 6.17. The topological polar surface area (TPSA) is 64.4 Å². The minimum atomic E-state index is -0.355. The van der Waals surface area contributed by atoms with Crippen LogP contribution in [-0.2, 0) is 12.1 Å². The molecule has 0 saturated heterocycles. The average Bonchev–Trinajstić information content (AvgIpc) is 2.87. The Labute approximate surface area is 147 Å². The van der Waals surface area contributed by atoms with Crippen LogP contribution in [0.1, 0.15) is 42.0 Å². The van der Waals surface area contributed by atoms with Crippen LogP contribution in [0.3, 0.4) is 0 Å². The van der Waals surface area contributed by atoms with Gasteiger partial charge in [-0.25, -0.2) is 0 Å². The SMILES string of the molecule is Cc1noc2c1-c1ccccc1C(c1ccc(C(C)(C)N)cc1)=NC2. The van der Waals surface area contributed by atoms with Crippen molar-refractivity contribution in [3.05, 3.63) is 76.7 Å². The van der Waals surface area contributed by atoms with Crippen molar-refractivity contribution in [3.63, 3.8) is 0 Å². The predicted octanol–water partition coefficient (Wildman–Crippen LogP) is 4.19. The van der Waals surface area contributed by atoms with Gasteiger partial charge in [-0.15, -0.1) is 0 Å². The summed E-state index contributed by atoms with van der Waals surface area (Å²) in [5.74, 6) is 0.819. The van der Waals surface area contributed by atoms with Crippen LogP contribution in [0.5, 0.6) is 0 Å². The van der Waals surface area contributed by atoms with E-state index in [0.29, 0.717) is 6.54 Å². The summed E-state index contributed by atoms with van der Waals surface area (Å²) in [5, 5.41) is 4.12. The average molecular weight is 331 g/mol. The van der Waals surface area contributed by atoms with Crippen LogP contribution in [0, 0.1) is 6.92 Å². The Morgan fingerprint density at radius 1 is 1.00 bits per heavy atom. The second-order valence-electron chi connectivity index (χ2n) is 7.08. The second-order valence-corrected chi connectivity index (χ2v) is 7.08. The maximum atomic E-state index is 6.20. The predicted molar refractivity (Wildman–Crippen MR) is 99.7 cm³/mol. The Kier molecular flexibility index (Phi) is 3.58. The third-order valence-electron chi connectivity index (χ3n) is 4.67. The minimum absolute atomic E-state index is 0.355. The van der Waals surface area contributed by atoms with Crippen molar-refractivity contribution in [2.24, 2.45) is 10.7 Å². The maximum Gasteiger partial charge on any atom is 0.166 e. The number of aliphatic imine (C=N–C) groups is 1. The number of aryl methyl sites for hydroxylation is 1. The molecule has 0 spiro atoms. The third-order valence-corrected chi connectivity index (χ3v) is 4.67. The summed E-state index contributed by atoms with van der Waals surface area (Å²) in [6.07, 6.45) is 0.